The molecule has 58 heavy (non-hydrogen) atoms. The van der Waals surface area contributed by atoms with Gasteiger partial charge in [0.15, 0.2) is 81.3 Å². The standard InChI is InChI=1S/C34H4BF21O2/c36-5-3-6-7(1-2-8(37)10(6)9(38)4-5)35(57-33-13(19(43)25(49)29(53)31(33)55)11-15(39)21(45)27(51)22(46)16(11)40)58-34-14(20(44)26(50)30(54)32(34)56)12-17(41)23(47)28(52)24(48)18(12)42/h1-4H. The minimum Gasteiger partial charge on any atom is -0.519 e. The molecular formula is C34H4BF21O2. The van der Waals surface area contributed by atoms with Gasteiger partial charge in [0.05, 0.1) is 27.6 Å². The summed E-state index contributed by atoms with van der Waals surface area (Å²) in [5.41, 5.74) is -12.3. The Bertz CT molecular complexity index is 2580. The van der Waals surface area contributed by atoms with Crippen molar-refractivity contribution in [3.05, 3.63) is 146 Å². The number of hydrogen-bond donors (Lipinski definition) is 0. The summed E-state index contributed by atoms with van der Waals surface area (Å²) in [7, 11) is -3.66. The van der Waals surface area contributed by atoms with Crippen LogP contribution in [0.4, 0.5) is 92.2 Å². The van der Waals surface area contributed by atoms with Crippen LogP contribution < -0.4 is 14.8 Å². The fraction of sp³-hybridized carbons (Fsp3) is 0. The van der Waals surface area contributed by atoms with E-state index in [1.165, 1.54) is 0 Å². The average Bonchev–Trinajstić information content (AvgIpc) is 3.18. The summed E-state index contributed by atoms with van der Waals surface area (Å²) in [6.45, 7) is 0. The lowest BCUT2D eigenvalue weighted by molar-refractivity contribution is 0.353. The van der Waals surface area contributed by atoms with E-state index in [9.17, 15) is 74.6 Å². The van der Waals surface area contributed by atoms with Crippen molar-refractivity contribution in [2.24, 2.45) is 0 Å². The maximum absolute atomic E-state index is 15.6. The molecule has 0 radical (unpaired) electrons. The Hall–Kier alpha value is -6.23. The molecule has 0 heterocycles. The summed E-state index contributed by atoms with van der Waals surface area (Å²) in [5.74, 6) is -66.2. The molecule has 0 aliphatic heterocycles. The van der Waals surface area contributed by atoms with Crippen molar-refractivity contribution in [1.29, 1.82) is 0 Å². The van der Waals surface area contributed by atoms with E-state index in [4.69, 9.17) is 9.31 Å². The molecule has 0 aliphatic rings. The zero-order valence-electron chi connectivity index (χ0n) is 26.6. The van der Waals surface area contributed by atoms with Crippen LogP contribution in [0.1, 0.15) is 0 Å². The molecule has 0 spiro atoms. The number of fused-ring (bicyclic) bond motifs is 1. The van der Waals surface area contributed by atoms with E-state index < -0.39 is 179 Å². The minimum atomic E-state index is -3.66. The third-order valence-corrected chi connectivity index (χ3v) is 8.09. The lowest BCUT2D eigenvalue weighted by atomic mass is 9.75. The smallest absolute Gasteiger partial charge is 0.519 e. The van der Waals surface area contributed by atoms with E-state index in [1.807, 2.05) is 0 Å². The molecule has 6 aromatic rings. The monoisotopic (exact) mass is 854 g/mol. The van der Waals surface area contributed by atoms with Crippen LogP contribution in [0.5, 0.6) is 11.5 Å². The molecule has 0 atom stereocenters. The second kappa shape index (κ2) is 14.6. The molecule has 0 saturated heterocycles. The molecule has 6 rings (SSSR count). The minimum absolute atomic E-state index is 0.0523. The van der Waals surface area contributed by atoms with Crippen LogP contribution in [0.25, 0.3) is 33.0 Å². The molecular weight excluding hydrogens is 850 g/mol. The molecule has 0 amide bonds. The van der Waals surface area contributed by atoms with Crippen molar-refractivity contribution < 1.29 is 102 Å². The van der Waals surface area contributed by atoms with Gasteiger partial charge in [-0.25, -0.2) is 83.4 Å². The van der Waals surface area contributed by atoms with Gasteiger partial charge in [0.1, 0.15) is 17.5 Å². The molecule has 6 aromatic carbocycles. The Labute approximate surface area is 305 Å². The highest BCUT2D eigenvalue weighted by atomic mass is 19.2. The van der Waals surface area contributed by atoms with Crippen LogP contribution in [0.3, 0.4) is 0 Å². The van der Waals surface area contributed by atoms with Gasteiger partial charge < -0.3 is 9.31 Å². The number of halogens is 21. The predicted octanol–water partition coefficient (Wildman–Crippen LogP) is 10.9. The highest BCUT2D eigenvalue weighted by Gasteiger charge is 2.42. The van der Waals surface area contributed by atoms with Gasteiger partial charge in [0.25, 0.3) is 0 Å². The average molecular weight is 854 g/mol. The van der Waals surface area contributed by atoms with Crippen LogP contribution in [-0.2, 0) is 0 Å². The van der Waals surface area contributed by atoms with E-state index in [2.05, 4.69) is 0 Å². The van der Waals surface area contributed by atoms with Crippen LogP contribution in [-0.4, -0.2) is 7.12 Å². The lowest BCUT2D eigenvalue weighted by Gasteiger charge is -2.24. The first-order chi connectivity index (χ1) is 27.0. The first kappa shape index (κ1) is 41.4. The van der Waals surface area contributed by atoms with Crippen molar-refractivity contribution >= 4 is 23.4 Å². The SMILES string of the molecule is Fc1cc(F)c2c(F)ccc(B(Oc3c(F)c(F)c(F)c(F)c3-c3c(F)c(F)c(F)c(F)c3F)Oc3c(F)c(F)c(F)c(F)c3-c3c(F)c(F)c(F)c(F)c3F)c2c1. The largest absolute Gasteiger partial charge is 0.633 e. The maximum Gasteiger partial charge on any atom is 0.633 e. The third-order valence-electron chi connectivity index (χ3n) is 8.09. The molecule has 0 bridgehead atoms. The number of rotatable bonds is 7. The molecule has 302 valence electrons. The van der Waals surface area contributed by atoms with Crippen LogP contribution in [0.2, 0.25) is 0 Å². The number of hydrogen-bond acceptors (Lipinski definition) is 2. The van der Waals surface area contributed by atoms with Gasteiger partial charge in [0.2, 0.25) is 34.9 Å². The van der Waals surface area contributed by atoms with Crippen LogP contribution in [0.15, 0.2) is 24.3 Å². The van der Waals surface area contributed by atoms with E-state index in [0.717, 1.165) is 0 Å². The summed E-state index contributed by atoms with van der Waals surface area (Å²) < 4.78 is 319. The maximum atomic E-state index is 15.6. The molecule has 0 aliphatic carbocycles. The second-order valence-electron chi connectivity index (χ2n) is 11.3. The van der Waals surface area contributed by atoms with Gasteiger partial charge in [-0.2, -0.15) is 8.78 Å². The van der Waals surface area contributed by atoms with Crippen molar-refractivity contribution in [3.63, 3.8) is 0 Å². The fourth-order valence-corrected chi connectivity index (χ4v) is 5.49. The Morgan fingerprint density at radius 1 is 0.310 bits per heavy atom. The summed E-state index contributed by atoms with van der Waals surface area (Å²) in [6.07, 6.45) is 0. The van der Waals surface area contributed by atoms with Gasteiger partial charge >= 0.3 is 7.12 Å². The van der Waals surface area contributed by atoms with Crippen molar-refractivity contribution in [1.82, 2.24) is 0 Å². The van der Waals surface area contributed by atoms with E-state index >= 15 is 17.6 Å². The van der Waals surface area contributed by atoms with Gasteiger partial charge in [-0.3, -0.25) is 0 Å². The van der Waals surface area contributed by atoms with Gasteiger partial charge in [-0.05, 0) is 17.5 Å². The van der Waals surface area contributed by atoms with Crippen LogP contribution in [0, 0.1) is 122 Å². The first-order valence-electron chi connectivity index (χ1n) is 14.7. The number of benzene rings is 6. The quantitative estimate of drug-likeness (QED) is 0.0689. The Morgan fingerprint density at radius 3 is 0.983 bits per heavy atom. The molecule has 24 heteroatoms. The predicted molar refractivity (Wildman–Crippen MR) is 153 cm³/mol. The highest BCUT2D eigenvalue weighted by Crippen LogP contribution is 2.45. The Morgan fingerprint density at radius 2 is 0.621 bits per heavy atom. The topological polar surface area (TPSA) is 18.5 Å². The lowest BCUT2D eigenvalue weighted by Crippen LogP contribution is -2.44. The Balaban J connectivity index is 1.77. The fourth-order valence-electron chi connectivity index (χ4n) is 5.49. The molecule has 0 fully saturated rings. The van der Waals surface area contributed by atoms with E-state index in [-0.39, 0.29) is 24.3 Å². The third kappa shape index (κ3) is 6.15. The summed E-state index contributed by atoms with van der Waals surface area (Å²) in [5, 5.41) is -2.80. The summed E-state index contributed by atoms with van der Waals surface area (Å²) >= 11 is 0. The van der Waals surface area contributed by atoms with Gasteiger partial charge in [-0.15, -0.1) is 0 Å². The zero-order chi connectivity index (χ0) is 43.1. The van der Waals surface area contributed by atoms with E-state index in [0.29, 0.717) is 0 Å². The second-order valence-corrected chi connectivity index (χ2v) is 11.3. The van der Waals surface area contributed by atoms with Crippen molar-refractivity contribution in [2.75, 3.05) is 0 Å². The molecule has 0 saturated carbocycles. The van der Waals surface area contributed by atoms with Crippen molar-refractivity contribution in [3.8, 4) is 33.8 Å². The van der Waals surface area contributed by atoms with Gasteiger partial charge in [-0.1, -0.05) is 6.07 Å². The molecule has 0 unspecified atom stereocenters. The highest BCUT2D eigenvalue weighted by molar-refractivity contribution is 6.66. The summed E-state index contributed by atoms with van der Waals surface area (Å²) in [4.78, 5) is 0. The normalized spacial score (nSPS) is 11.5. The van der Waals surface area contributed by atoms with Crippen LogP contribution >= 0.6 is 0 Å². The molecule has 0 aromatic heterocycles. The van der Waals surface area contributed by atoms with E-state index in [1.54, 1.807) is 0 Å². The zero-order valence-corrected chi connectivity index (χ0v) is 26.6. The first-order valence-corrected chi connectivity index (χ1v) is 14.7. The van der Waals surface area contributed by atoms with Gasteiger partial charge in [0, 0.05) is 11.5 Å². The molecule has 2 nitrogen and oxygen atoms in total. The Kier molecular flexibility index (Phi) is 10.4. The van der Waals surface area contributed by atoms with Crippen molar-refractivity contribution in [2.45, 2.75) is 0 Å². The molecule has 0 N–H and O–H groups in total. The summed E-state index contributed by atoms with van der Waals surface area (Å²) in [6, 6.07) is 0.235.